The molecule has 1 saturated heterocycles. The van der Waals surface area contributed by atoms with E-state index >= 15 is 0 Å². The minimum absolute atomic E-state index is 0.156. The van der Waals surface area contributed by atoms with E-state index in [1.54, 1.807) is 4.90 Å². The first-order valence-electron chi connectivity index (χ1n) is 5.88. The SMILES string of the molecule is CCCCN1C(C)C(C(C)=O)C(=O)C1(C)O. The zero-order valence-electron chi connectivity index (χ0n) is 10.5. The molecule has 0 radical (unpaired) electrons. The van der Waals surface area contributed by atoms with Crippen LogP contribution in [0.4, 0.5) is 0 Å². The van der Waals surface area contributed by atoms with Crippen molar-refractivity contribution in [3.63, 3.8) is 0 Å². The molecule has 3 atom stereocenters. The second kappa shape index (κ2) is 4.63. The highest BCUT2D eigenvalue weighted by Crippen LogP contribution is 2.33. The Labute approximate surface area is 96.6 Å². The number of rotatable bonds is 4. The van der Waals surface area contributed by atoms with E-state index in [1.165, 1.54) is 13.8 Å². The number of carbonyl (C=O) groups is 2. The molecular formula is C12H21NO3. The molecule has 1 rings (SSSR count). The zero-order chi connectivity index (χ0) is 12.5. The summed E-state index contributed by atoms with van der Waals surface area (Å²) in [5.41, 5.74) is -1.48. The van der Waals surface area contributed by atoms with Gasteiger partial charge in [0, 0.05) is 12.6 Å². The third kappa shape index (κ3) is 2.04. The van der Waals surface area contributed by atoms with Crippen LogP contribution in [0.25, 0.3) is 0 Å². The van der Waals surface area contributed by atoms with Crippen LogP contribution in [0.5, 0.6) is 0 Å². The molecule has 1 N–H and O–H groups in total. The van der Waals surface area contributed by atoms with Crippen molar-refractivity contribution < 1.29 is 14.7 Å². The second-order valence-electron chi connectivity index (χ2n) is 4.76. The van der Waals surface area contributed by atoms with Crippen molar-refractivity contribution in [3.05, 3.63) is 0 Å². The maximum atomic E-state index is 11.9. The van der Waals surface area contributed by atoms with Gasteiger partial charge < -0.3 is 5.11 Å². The van der Waals surface area contributed by atoms with Crippen LogP contribution < -0.4 is 0 Å². The molecule has 1 aliphatic heterocycles. The van der Waals surface area contributed by atoms with Gasteiger partial charge in [-0.1, -0.05) is 13.3 Å². The molecular weight excluding hydrogens is 206 g/mol. The number of carbonyl (C=O) groups excluding carboxylic acids is 2. The third-order valence-corrected chi connectivity index (χ3v) is 3.47. The van der Waals surface area contributed by atoms with Crippen LogP contribution in [-0.2, 0) is 9.59 Å². The molecule has 1 aliphatic rings. The lowest BCUT2D eigenvalue weighted by molar-refractivity contribution is -0.148. The Morgan fingerprint density at radius 3 is 2.50 bits per heavy atom. The van der Waals surface area contributed by atoms with Gasteiger partial charge in [-0.3, -0.25) is 14.5 Å². The predicted molar refractivity (Wildman–Crippen MR) is 60.9 cm³/mol. The van der Waals surface area contributed by atoms with Crippen molar-refractivity contribution in [2.45, 2.75) is 52.3 Å². The van der Waals surface area contributed by atoms with E-state index in [0.717, 1.165) is 12.8 Å². The van der Waals surface area contributed by atoms with Gasteiger partial charge >= 0.3 is 0 Å². The molecule has 3 unspecified atom stereocenters. The molecule has 4 heteroatoms. The van der Waals surface area contributed by atoms with Crippen LogP contribution in [0.1, 0.15) is 40.5 Å². The summed E-state index contributed by atoms with van der Waals surface area (Å²) in [6, 6.07) is -0.202. The topological polar surface area (TPSA) is 57.6 Å². The lowest BCUT2D eigenvalue weighted by Crippen LogP contribution is -2.48. The molecule has 0 aliphatic carbocycles. The number of aliphatic hydroxyl groups is 1. The van der Waals surface area contributed by atoms with Crippen molar-refractivity contribution in [3.8, 4) is 0 Å². The Morgan fingerprint density at radius 1 is 1.56 bits per heavy atom. The van der Waals surface area contributed by atoms with Gasteiger partial charge in [0.2, 0.25) is 0 Å². The third-order valence-electron chi connectivity index (χ3n) is 3.47. The van der Waals surface area contributed by atoms with Gasteiger partial charge in [-0.15, -0.1) is 0 Å². The van der Waals surface area contributed by atoms with Gasteiger partial charge in [-0.25, -0.2) is 0 Å². The lowest BCUT2D eigenvalue weighted by atomic mass is 9.94. The van der Waals surface area contributed by atoms with E-state index in [4.69, 9.17) is 0 Å². The molecule has 0 aromatic heterocycles. The first-order chi connectivity index (χ1) is 7.34. The van der Waals surface area contributed by atoms with Gasteiger partial charge in [-0.2, -0.15) is 0 Å². The summed E-state index contributed by atoms with van der Waals surface area (Å²) in [5, 5.41) is 10.2. The summed E-state index contributed by atoms with van der Waals surface area (Å²) in [6.07, 6.45) is 1.91. The first-order valence-corrected chi connectivity index (χ1v) is 5.88. The van der Waals surface area contributed by atoms with Gasteiger partial charge in [0.05, 0.1) is 5.92 Å². The number of ketones is 2. The van der Waals surface area contributed by atoms with Crippen LogP contribution in [0, 0.1) is 5.92 Å². The number of unbranched alkanes of at least 4 members (excludes halogenated alkanes) is 1. The summed E-state index contributed by atoms with van der Waals surface area (Å²) < 4.78 is 0. The van der Waals surface area contributed by atoms with Crippen LogP contribution >= 0.6 is 0 Å². The fourth-order valence-electron chi connectivity index (χ4n) is 2.51. The minimum Gasteiger partial charge on any atom is -0.369 e. The van der Waals surface area contributed by atoms with E-state index < -0.39 is 11.6 Å². The average Bonchev–Trinajstić information content (AvgIpc) is 2.32. The number of hydrogen-bond donors (Lipinski definition) is 1. The standard InChI is InChI=1S/C12H21NO3/c1-5-6-7-13-8(2)10(9(3)14)11(15)12(13,4)16/h8,10,16H,5-7H2,1-4H3. The summed E-state index contributed by atoms with van der Waals surface area (Å²) in [6.45, 7) is 7.45. The van der Waals surface area contributed by atoms with Gasteiger partial charge in [0.1, 0.15) is 5.78 Å². The summed E-state index contributed by atoms with van der Waals surface area (Å²) in [7, 11) is 0. The first kappa shape index (κ1) is 13.3. The van der Waals surface area contributed by atoms with Crippen molar-refractivity contribution >= 4 is 11.6 Å². The quantitative estimate of drug-likeness (QED) is 0.727. The van der Waals surface area contributed by atoms with Gasteiger partial charge in [-0.05, 0) is 27.2 Å². The van der Waals surface area contributed by atoms with Crippen molar-refractivity contribution in [2.75, 3.05) is 6.54 Å². The van der Waals surface area contributed by atoms with E-state index in [1.807, 2.05) is 6.92 Å². The fourth-order valence-corrected chi connectivity index (χ4v) is 2.51. The van der Waals surface area contributed by atoms with Crippen molar-refractivity contribution in [2.24, 2.45) is 5.92 Å². The Kier molecular flexibility index (Phi) is 3.86. The molecule has 0 bridgehead atoms. The maximum Gasteiger partial charge on any atom is 0.191 e. The van der Waals surface area contributed by atoms with Gasteiger partial charge in [0.25, 0.3) is 0 Å². The molecule has 16 heavy (non-hydrogen) atoms. The van der Waals surface area contributed by atoms with E-state index in [-0.39, 0.29) is 17.6 Å². The zero-order valence-corrected chi connectivity index (χ0v) is 10.5. The monoisotopic (exact) mass is 227 g/mol. The second-order valence-corrected chi connectivity index (χ2v) is 4.76. The number of likely N-dealkylation sites (tertiary alicyclic amines) is 1. The normalized spacial score (nSPS) is 35.7. The van der Waals surface area contributed by atoms with Crippen molar-refractivity contribution in [1.82, 2.24) is 4.90 Å². The van der Waals surface area contributed by atoms with Gasteiger partial charge in [0.15, 0.2) is 11.5 Å². The highest BCUT2D eigenvalue weighted by atomic mass is 16.3. The molecule has 0 spiro atoms. The fraction of sp³-hybridized carbons (Fsp3) is 0.833. The molecule has 0 aromatic carbocycles. The van der Waals surface area contributed by atoms with Crippen LogP contribution in [-0.4, -0.2) is 39.9 Å². The Bertz CT molecular complexity index is 299. The highest BCUT2D eigenvalue weighted by Gasteiger charge is 2.54. The van der Waals surface area contributed by atoms with Crippen LogP contribution in [0.2, 0.25) is 0 Å². The van der Waals surface area contributed by atoms with E-state index in [2.05, 4.69) is 6.92 Å². The molecule has 0 saturated carbocycles. The van der Waals surface area contributed by atoms with E-state index in [0.29, 0.717) is 6.54 Å². The average molecular weight is 227 g/mol. The van der Waals surface area contributed by atoms with Crippen LogP contribution in [0.3, 0.4) is 0 Å². The Hall–Kier alpha value is -0.740. The molecule has 1 fully saturated rings. The highest BCUT2D eigenvalue weighted by molar-refractivity contribution is 6.07. The Morgan fingerprint density at radius 2 is 2.12 bits per heavy atom. The molecule has 1 heterocycles. The Balaban J connectivity index is 2.93. The molecule has 0 amide bonds. The van der Waals surface area contributed by atoms with Crippen LogP contribution in [0.15, 0.2) is 0 Å². The summed E-state index contributed by atoms with van der Waals surface area (Å²) in [5.74, 6) is -1.19. The number of Topliss-reactive ketones (excluding diaryl/α,β-unsaturated/α-hetero) is 2. The minimum atomic E-state index is -1.48. The molecule has 4 nitrogen and oxygen atoms in total. The smallest absolute Gasteiger partial charge is 0.191 e. The van der Waals surface area contributed by atoms with Crippen molar-refractivity contribution in [1.29, 1.82) is 0 Å². The maximum absolute atomic E-state index is 11.9. The molecule has 0 aromatic rings. The summed E-state index contributed by atoms with van der Waals surface area (Å²) >= 11 is 0. The lowest BCUT2D eigenvalue weighted by Gasteiger charge is -2.31. The number of nitrogens with zero attached hydrogens (tertiary/aromatic N) is 1. The predicted octanol–water partition coefficient (Wildman–Crippen LogP) is 0.973. The number of hydrogen-bond acceptors (Lipinski definition) is 4. The van der Waals surface area contributed by atoms with E-state index in [9.17, 15) is 14.7 Å². The summed E-state index contributed by atoms with van der Waals surface area (Å²) in [4.78, 5) is 25.1. The molecule has 92 valence electrons. The largest absolute Gasteiger partial charge is 0.369 e.